The van der Waals surface area contributed by atoms with E-state index in [1.54, 1.807) is 12.1 Å². The van der Waals surface area contributed by atoms with Crippen molar-refractivity contribution < 1.29 is 14.2 Å². The van der Waals surface area contributed by atoms with Crippen molar-refractivity contribution >= 4 is 12.7 Å². The minimum absolute atomic E-state index is 0.118. The number of hydrogen-bond donors (Lipinski definition) is 1. The van der Waals surface area contributed by atoms with Crippen molar-refractivity contribution in [3.05, 3.63) is 96.1 Å². The molecule has 1 N–H and O–H groups in total. The lowest BCUT2D eigenvalue weighted by Gasteiger charge is -2.29. The van der Waals surface area contributed by atoms with Gasteiger partial charge in [-0.05, 0) is 30.7 Å². The van der Waals surface area contributed by atoms with Crippen LogP contribution in [0.3, 0.4) is 0 Å². The summed E-state index contributed by atoms with van der Waals surface area (Å²) in [5, 5.41) is 11.1. The van der Waals surface area contributed by atoms with E-state index < -0.39 is 13.0 Å². The summed E-state index contributed by atoms with van der Waals surface area (Å²) in [4.78, 5) is 0. The molecule has 4 heteroatoms. The quantitative estimate of drug-likeness (QED) is 0.626. The first-order valence-corrected chi connectivity index (χ1v) is 9.99. The highest BCUT2D eigenvalue weighted by atomic mass is 31.2. The highest BCUT2D eigenvalue weighted by Gasteiger charge is 2.39. The van der Waals surface area contributed by atoms with Crippen LogP contribution in [0.15, 0.2) is 84.9 Å². The standard InChI is InChI=1S/C21H21O3P/c1-2-24-25(23,18-13-7-4-8-14-18)21(17-11-5-3-6-12-17)19-15-9-10-16-20(19)22/h3-16,21-22H,2H2,1H3/t21-,25?/m1/s1. The first-order valence-electron chi connectivity index (χ1n) is 8.29. The maximum atomic E-state index is 14.1. The predicted octanol–water partition coefficient (Wildman–Crippen LogP) is 5.12. The SMILES string of the molecule is CCOP(=O)(c1ccccc1)[C@H](c1ccccc1)c1ccccc1O. The molecule has 2 atom stereocenters. The average molecular weight is 352 g/mol. The van der Waals surface area contributed by atoms with Crippen LogP contribution in [0.1, 0.15) is 23.7 Å². The van der Waals surface area contributed by atoms with Crippen molar-refractivity contribution in [3.8, 4) is 5.75 Å². The fourth-order valence-electron chi connectivity index (χ4n) is 3.04. The lowest BCUT2D eigenvalue weighted by Crippen LogP contribution is -2.15. The smallest absolute Gasteiger partial charge is 0.243 e. The lowest BCUT2D eigenvalue weighted by molar-refractivity contribution is 0.335. The van der Waals surface area contributed by atoms with Crippen LogP contribution in [-0.2, 0) is 9.09 Å². The van der Waals surface area contributed by atoms with Crippen molar-refractivity contribution in [3.63, 3.8) is 0 Å². The highest BCUT2D eigenvalue weighted by Crippen LogP contribution is 2.62. The molecule has 0 saturated heterocycles. The zero-order valence-corrected chi connectivity index (χ0v) is 15.0. The molecular weight excluding hydrogens is 331 g/mol. The van der Waals surface area contributed by atoms with E-state index in [9.17, 15) is 9.67 Å². The molecule has 0 aromatic heterocycles. The van der Waals surface area contributed by atoms with Gasteiger partial charge in [0.05, 0.1) is 12.3 Å². The van der Waals surface area contributed by atoms with E-state index in [1.165, 1.54) is 0 Å². The number of aromatic hydroxyl groups is 1. The number of para-hydroxylation sites is 1. The number of rotatable bonds is 6. The van der Waals surface area contributed by atoms with Gasteiger partial charge in [0, 0.05) is 10.9 Å². The van der Waals surface area contributed by atoms with Gasteiger partial charge in [-0.15, -0.1) is 0 Å². The minimum Gasteiger partial charge on any atom is -0.508 e. The Bertz CT molecular complexity index is 863. The Balaban J connectivity index is 2.26. The van der Waals surface area contributed by atoms with Crippen LogP contribution in [0, 0.1) is 0 Å². The monoisotopic (exact) mass is 352 g/mol. The van der Waals surface area contributed by atoms with Gasteiger partial charge in [0.15, 0.2) is 0 Å². The van der Waals surface area contributed by atoms with Gasteiger partial charge in [0.1, 0.15) is 5.75 Å². The summed E-state index contributed by atoms with van der Waals surface area (Å²) in [6.45, 7) is 2.16. The number of phenolic OH excluding ortho intramolecular Hbond substituents is 1. The molecule has 0 heterocycles. The van der Waals surface area contributed by atoms with Crippen LogP contribution in [0.25, 0.3) is 0 Å². The van der Waals surface area contributed by atoms with E-state index in [4.69, 9.17) is 4.52 Å². The van der Waals surface area contributed by atoms with Crippen LogP contribution < -0.4 is 5.30 Å². The van der Waals surface area contributed by atoms with Crippen molar-refractivity contribution in [2.24, 2.45) is 0 Å². The Morgan fingerprint density at radius 3 is 2.04 bits per heavy atom. The molecule has 0 fully saturated rings. The molecule has 3 aromatic carbocycles. The molecule has 3 nitrogen and oxygen atoms in total. The fourth-order valence-corrected chi connectivity index (χ4v) is 5.76. The molecule has 3 rings (SSSR count). The second-order valence-electron chi connectivity index (χ2n) is 5.72. The molecule has 0 aliphatic heterocycles. The minimum atomic E-state index is -3.31. The Kier molecular flexibility index (Phi) is 5.37. The summed E-state index contributed by atoms with van der Waals surface area (Å²) in [5.74, 6) is 0.118. The Labute approximate surface area is 148 Å². The molecular formula is C21H21O3P. The molecule has 3 aromatic rings. The summed E-state index contributed by atoms with van der Waals surface area (Å²) in [5.41, 5.74) is 0.885. The molecule has 128 valence electrons. The summed E-state index contributed by atoms with van der Waals surface area (Å²) >= 11 is 0. The Morgan fingerprint density at radius 2 is 1.44 bits per heavy atom. The van der Waals surface area contributed by atoms with E-state index >= 15 is 0 Å². The second kappa shape index (κ2) is 7.69. The van der Waals surface area contributed by atoms with Crippen LogP contribution >= 0.6 is 7.37 Å². The van der Waals surface area contributed by atoms with E-state index in [0.29, 0.717) is 17.5 Å². The third-order valence-corrected chi connectivity index (χ3v) is 7.04. The van der Waals surface area contributed by atoms with Gasteiger partial charge in [0.25, 0.3) is 0 Å². The van der Waals surface area contributed by atoms with Crippen LogP contribution in [0.4, 0.5) is 0 Å². The zero-order chi connectivity index (χ0) is 17.7. The number of hydrogen-bond acceptors (Lipinski definition) is 3. The molecule has 0 radical (unpaired) electrons. The van der Waals surface area contributed by atoms with Gasteiger partial charge >= 0.3 is 0 Å². The van der Waals surface area contributed by atoms with E-state index in [-0.39, 0.29) is 5.75 Å². The fraction of sp³-hybridized carbons (Fsp3) is 0.143. The van der Waals surface area contributed by atoms with Gasteiger partial charge in [-0.1, -0.05) is 66.7 Å². The number of phenols is 1. The zero-order valence-electron chi connectivity index (χ0n) is 14.1. The van der Waals surface area contributed by atoms with Crippen LogP contribution in [-0.4, -0.2) is 11.7 Å². The van der Waals surface area contributed by atoms with E-state index in [0.717, 1.165) is 5.56 Å². The van der Waals surface area contributed by atoms with Gasteiger partial charge in [-0.2, -0.15) is 0 Å². The first-order chi connectivity index (χ1) is 12.2. The van der Waals surface area contributed by atoms with Gasteiger partial charge < -0.3 is 9.63 Å². The van der Waals surface area contributed by atoms with Crippen LogP contribution in [0.5, 0.6) is 5.75 Å². The molecule has 0 saturated carbocycles. The molecule has 0 aliphatic rings. The maximum absolute atomic E-state index is 14.1. The Morgan fingerprint density at radius 1 is 0.880 bits per heavy atom. The van der Waals surface area contributed by atoms with Gasteiger partial charge in [0.2, 0.25) is 7.37 Å². The summed E-state index contributed by atoms with van der Waals surface area (Å²) < 4.78 is 20.0. The van der Waals surface area contributed by atoms with Gasteiger partial charge in [-0.25, -0.2) is 0 Å². The molecule has 0 spiro atoms. The van der Waals surface area contributed by atoms with Crippen molar-refractivity contribution in [2.45, 2.75) is 12.6 Å². The maximum Gasteiger partial charge on any atom is 0.243 e. The average Bonchev–Trinajstić information content (AvgIpc) is 2.65. The molecule has 0 aliphatic carbocycles. The third-order valence-electron chi connectivity index (χ3n) is 4.12. The Hall–Kier alpha value is -2.35. The molecule has 25 heavy (non-hydrogen) atoms. The van der Waals surface area contributed by atoms with Gasteiger partial charge in [-0.3, -0.25) is 4.57 Å². The van der Waals surface area contributed by atoms with E-state index in [1.807, 2.05) is 79.7 Å². The van der Waals surface area contributed by atoms with Crippen molar-refractivity contribution in [1.82, 2.24) is 0 Å². The molecule has 0 bridgehead atoms. The lowest BCUT2D eigenvalue weighted by atomic mass is 10.0. The highest BCUT2D eigenvalue weighted by molar-refractivity contribution is 7.67. The molecule has 0 amide bonds. The summed E-state index contributed by atoms with van der Waals surface area (Å²) in [6.07, 6.45) is 0. The summed E-state index contributed by atoms with van der Waals surface area (Å²) in [7, 11) is -3.31. The molecule has 1 unspecified atom stereocenters. The van der Waals surface area contributed by atoms with Crippen molar-refractivity contribution in [2.75, 3.05) is 6.61 Å². The topological polar surface area (TPSA) is 46.5 Å². The summed E-state index contributed by atoms with van der Waals surface area (Å²) in [6, 6.07) is 25.8. The van der Waals surface area contributed by atoms with Crippen molar-refractivity contribution in [1.29, 1.82) is 0 Å². The third kappa shape index (κ3) is 3.53. The van der Waals surface area contributed by atoms with E-state index in [2.05, 4.69) is 0 Å². The largest absolute Gasteiger partial charge is 0.508 e. The number of benzene rings is 3. The van der Waals surface area contributed by atoms with Crippen LogP contribution in [0.2, 0.25) is 0 Å². The normalized spacial score (nSPS) is 14.6. The predicted molar refractivity (Wildman–Crippen MR) is 102 cm³/mol. The second-order valence-corrected chi connectivity index (χ2v) is 8.21. The first kappa shape index (κ1) is 17.5.